The van der Waals surface area contributed by atoms with Crippen LogP contribution < -0.4 is 5.73 Å². The van der Waals surface area contributed by atoms with Crippen LogP contribution in [0.5, 0.6) is 0 Å². The van der Waals surface area contributed by atoms with Gasteiger partial charge in [-0.05, 0) is 73.6 Å². The molecule has 0 amide bonds. The van der Waals surface area contributed by atoms with Gasteiger partial charge < -0.3 is 5.73 Å². The monoisotopic (exact) mass is 358 g/mol. The molecule has 0 radical (unpaired) electrons. The molecule has 0 saturated heterocycles. The summed E-state index contributed by atoms with van der Waals surface area (Å²) < 4.78 is 1.20. The van der Waals surface area contributed by atoms with Gasteiger partial charge in [0.2, 0.25) is 0 Å². The molecule has 2 atom stereocenters. The van der Waals surface area contributed by atoms with Crippen LogP contribution in [-0.2, 0) is 0 Å². The SMILES string of the molecule is CCC1CCC(N(C)C(c2ccc(Br)s2)C(C)N)CC1. The lowest BCUT2D eigenvalue weighted by atomic mass is 9.83. The van der Waals surface area contributed by atoms with Crippen molar-refractivity contribution in [1.82, 2.24) is 4.90 Å². The molecule has 1 aliphatic carbocycles. The quantitative estimate of drug-likeness (QED) is 0.818. The Morgan fingerprint density at radius 2 is 2.00 bits per heavy atom. The lowest BCUT2D eigenvalue weighted by molar-refractivity contribution is 0.109. The lowest BCUT2D eigenvalue weighted by Crippen LogP contribution is -2.44. The van der Waals surface area contributed by atoms with E-state index in [1.807, 2.05) is 11.3 Å². The Kier molecular flexibility index (Phi) is 6.09. The highest BCUT2D eigenvalue weighted by molar-refractivity contribution is 9.11. The van der Waals surface area contributed by atoms with Crippen LogP contribution in [0.4, 0.5) is 0 Å². The molecule has 0 aliphatic heterocycles. The molecule has 2 rings (SSSR count). The van der Waals surface area contributed by atoms with Gasteiger partial charge in [0.15, 0.2) is 0 Å². The van der Waals surface area contributed by atoms with Crippen LogP contribution in [0, 0.1) is 5.92 Å². The Balaban J connectivity index is 2.06. The third-order valence-corrected chi connectivity index (χ3v) is 6.49. The Bertz CT molecular complexity index is 410. The fourth-order valence-electron chi connectivity index (χ4n) is 3.51. The van der Waals surface area contributed by atoms with Crippen molar-refractivity contribution in [2.45, 2.75) is 64.1 Å². The van der Waals surface area contributed by atoms with E-state index in [1.54, 1.807) is 0 Å². The van der Waals surface area contributed by atoms with Crippen LogP contribution >= 0.6 is 27.3 Å². The van der Waals surface area contributed by atoms with Gasteiger partial charge in [-0.2, -0.15) is 0 Å². The van der Waals surface area contributed by atoms with E-state index in [0.717, 1.165) is 5.92 Å². The van der Waals surface area contributed by atoms with E-state index in [2.05, 4.69) is 53.9 Å². The first-order chi connectivity index (χ1) is 9.52. The van der Waals surface area contributed by atoms with Crippen LogP contribution in [0.15, 0.2) is 15.9 Å². The third-order valence-electron chi connectivity index (χ3n) is 4.79. The first-order valence-electron chi connectivity index (χ1n) is 7.75. The van der Waals surface area contributed by atoms with Crippen molar-refractivity contribution in [2.24, 2.45) is 11.7 Å². The van der Waals surface area contributed by atoms with Crippen molar-refractivity contribution in [3.05, 3.63) is 20.8 Å². The maximum absolute atomic E-state index is 6.29. The second kappa shape index (κ2) is 7.39. The number of hydrogen-bond acceptors (Lipinski definition) is 3. The van der Waals surface area contributed by atoms with E-state index in [-0.39, 0.29) is 6.04 Å². The normalized spacial score (nSPS) is 26.7. The fourth-order valence-corrected chi connectivity index (χ4v) is 5.20. The van der Waals surface area contributed by atoms with Crippen molar-refractivity contribution in [1.29, 1.82) is 0 Å². The minimum atomic E-state index is 0.162. The van der Waals surface area contributed by atoms with Crippen LogP contribution in [-0.4, -0.2) is 24.0 Å². The fraction of sp³-hybridized carbons (Fsp3) is 0.750. The first kappa shape index (κ1) is 16.5. The van der Waals surface area contributed by atoms with E-state index >= 15 is 0 Å². The van der Waals surface area contributed by atoms with E-state index < -0.39 is 0 Å². The molecule has 1 heterocycles. The molecule has 114 valence electrons. The highest BCUT2D eigenvalue weighted by Gasteiger charge is 2.30. The van der Waals surface area contributed by atoms with Gasteiger partial charge in [-0.3, -0.25) is 4.90 Å². The molecule has 0 spiro atoms. The zero-order valence-electron chi connectivity index (χ0n) is 12.8. The van der Waals surface area contributed by atoms with Crippen LogP contribution in [0.25, 0.3) is 0 Å². The topological polar surface area (TPSA) is 29.3 Å². The molecule has 2 nitrogen and oxygen atoms in total. The van der Waals surface area contributed by atoms with Gasteiger partial charge >= 0.3 is 0 Å². The van der Waals surface area contributed by atoms with Crippen molar-refractivity contribution in [3.8, 4) is 0 Å². The van der Waals surface area contributed by atoms with Crippen LogP contribution in [0.3, 0.4) is 0 Å². The summed E-state index contributed by atoms with van der Waals surface area (Å²) in [6, 6.07) is 5.55. The van der Waals surface area contributed by atoms with Crippen molar-refractivity contribution in [3.63, 3.8) is 0 Å². The minimum Gasteiger partial charge on any atom is -0.326 e. The van der Waals surface area contributed by atoms with E-state index in [4.69, 9.17) is 5.73 Å². The molecule has 0 bridgehead atoms. The van der Waals surface area contributed by atoms with Crippen LogP contribution in [0.1, 0.15) is 56.9 Å². The summed E-state index contributed by atoms with van der Waals surface area (Å²) in [5.74, 6) is 0.948. The van der Waals surface area contributed by atoms with Crippen molar-refractivity contribution >= 4 is 27.3 Å². The summed E-state index contributed by atoms with van der Waals surface area (Å²) in [5, 5.41) is 0. The molecule has 0 aromatic carbocycles. The van der Waals surface area contributed by atoms with Gasteiger partial charge in [-0.1, -0.05) is 13.3 Å². The average Bonchev–Trinajstić information content (AvgIpc) is 2.85. The Labute approximate surface area is 135 Å². The summed E-state index contributed by atoms with van der Waals surface area (Å²) in [7, 11) is 2.26. The Morgan fingerprint density at radius 1 is 1.35 bits per heavy atom. The third kappa shape index (κ3) is 3.85. The van der Waals surface area contributed by atoms with Crippen molar-refractivity contribution in [2.75, 3.05) is 7.05 Å². The number of hydrogen-bond donors (Lipinski definition) is 1. The first-order valence-corrected chi connectivity index (χ1v) is 9.36. The number of nitrogens with zero attached hydrogens (tertiary/aromatic N) is 1. The largest absolute Gasteiger partial charge is 0.326 e. The predicted molar refractivity (Wildman–Crippen MR) is 92.2 cm³/mol. The number of thiophene rings is 1. The van der Waals surface area contributed by atoms with Crippen LogP contribution in [0.2, 0.25) is 0 Å². The molecule has 1 aliphatic rings. The lowest BCUT2D eigenvalue weighted by Gasteiger charge is -2.40. The maximum atomic E-state index is 6.29. The molecule has 4 heteroatoms. The molecule has 1 fully saturated rings. The molecular formula is C16H27BrN2S. The molecule has 1 saturated carbocycles. The maximum Gasteiger partial charge on any atom is 0.0702 e. The predicted octanol–water partition coefficient (Wildman–Crippen LogP) is 4.80. The smallest absolute Gasteiger partial charge is 0.0702 e. The second-order valence-corrected chi connectivity index (χ2v) is 8.69. The molecule has 2 unspecified atom stereocenters. The highest BCUT2D eigenvalue weighted by Crippen LogP contribution is 2.36. The number of likely N-dealkylation sites (N-methyl/N-ethyl adjacent to an activating group) is 1. The number of halogens is 1. The summed E-state index contributed by atoms with van der Waals surface area (Å²) >= 11 is 5.39. The molecular weight excluding hydrogens is 332 g/mol. The zero-order valence-corrected chi connectivity index (χ0v) is 15.2. The van der Waals surface area contributed by atoms with Gasteiger partial charge in [-0.15, -0.1) is 11.3 Å². The standard InChI is InChI=1S/C16H27BrN2S/c1-4-12-5-7-13(8-6-12)19(3)16(11(2)18)14-9-10-15(17)20-14/h9-13,16H,4-8,18H2,1-3H3. The minimum absolute atomic E-state index is 0.162. The van der Waals surface area contributed by atoms with E-state index in [0.29, 0.717) is 12.1 Å². The van der Waals surface area contributed by atoms with E-state index in [1.165, 1.54) is 40.8 Å². The molecule has 1 aromatic heterocycles. The molecule has 20 heavy (non-hydrogen) atoms. The van der Waals surface area contributed by atoms with Gasteiger partial charge in [0.05, 0.1) is 9.83 Å². The summed E-state index contributed by atoms with van der Waals surface area (Å²) in [5.41, 5.74) is 6.29. The summed E-state index contributed by atoms with van der Waals surface area (Å²) in [6.07, 6.45) is 6.75. The van der Waals surface area contributed by atoms with Gasteiger partial charge in [0.1, 0.15) is 0 Å². The summed E-state index contributed by atoms with van der Waals surface area (Å²) in [4.78, 5) is 3.92. The van der Waals surface area contributed by atoms with Gasteiger partial charge in [-0.25, -0.2) is 0 Å². The van der Waals surface area contributed by atoms with E-state index in [9.17, 15) is 0 Å². The molecule has 1 aromatic rings. The zero-order chi connectivity index (χ0) is 14.7. The number of rotatable bonds is 5. The Hall–Kier alpha value is 0.1000. The van der Waals surface area contributed by atoms with Gasteiger partial charge in [0, 0.05) is 17.0 Å². The van der Waals surface area contributed by atoms with Crippen molar-refractivity contribution < 1.29 is 0 Å². The van der Waals surface area contributed by atoms with Gasteiger partial charge in [0.25, 0.3) is 0 Å². The molecule has 2 N–H and O–H groups in total. The highest BCUT2D eigenvalue weighted by atomic mass is 79.9. The summed E-state index contributed by atoms with van der Waals surface area (Å²) in [6.45, 7) is 4.45. The second-order valence-electron chi connectivity index (χ2n) is 6.19. The number of nitrogens with two attached hydrogens (primary N) is 1. The Morgan fingerprint density at radius 3 is 2.45 bits per heavy atom. The average molecular weight is 359 g/mol.